The van der Waals surface area contributed by atoms with Gasteiger partial charge in [-0.1, -0.05) is 58.3 Å². The Morgan fingerprint density at radius 1 is 1.05 bits per heavy atom. The van der Waals surface area contributed by atoms with Gasteiger partial charge in [0, 0.05) is 13.5 Å². The Hall–Kier alpha value is -1.59. The molecule has 0 fully saturated rings. The average molecular weight is 313 g/mol. The molecule has 0 rings (SSSR count). The van der Waals surface area contributed by atoms with Gasteiger partial charge in [0.2, 0.25) is 0 Å². The third-order valence-electron chi connectivity index (χ3n) is 3.83. The molecule has 128 valence electrons. The number of carbonyl (C=O) groups excluding carboxylic acids is 1. The number of hydrogen-bond donors (Lipinski definition) is 3. The first kappa shape index (κ1) is 20.4. The summed E-state index contributed by atoms with van der Waals surface area (Å²) in [4.78, 5) is 24.1. The number of carboxylic acid groups (broad SMARTS) is 1. The normalized spacial score (nSPS) is 11.9. The lowest BCUT2D eigenvalue weighted by atomic mass is 10.0. The SMILES string of the molecule is CCCCCCCCCCCC(=O)C(C(=O)O)N(C)C(=N)N. The molecule has 0 saturated heterocycles. The fraction of sp³-hybridized carbons (Fsp3) is 0.812. The van der Waals surface area contributed by atoms with Crippen molar-refractivity contribution in [3.63, 3.8) is 0 Å². The van der Waals surface area contributed by atoms with Crippen LogP contribution in [0.1, 0.15) is 71.1 Å². The Labute approximate surface area is 133 Å². The maximum absolute atomic E-state index is 12.0. The van der Waals surface area contributed by atoms with Crippen LogP contribution in [0.5, 0.6) is 0 Å². The minimum absolute atomic E-state index is 0.227. The molecule has 0 aliphatic carbocycles. The third kappa shape index (κ3) is 8.64. The smallest absolute Gasteiger partial charge is 0.334 e. The number of nitrogens with one attached hydrogen (secondary N) is 1. The van der Waals surface area contributed by atoms with E-state index in [-0.39, 0.29) is 12.2 Å². The predicted octanol–water partition coefficient (Wildman–Crippen LogP) is 2.75. The molecule has 0 aliphatic rings. The van der Waals surface area contributed by atoms with Gasteiger partial charge >= 0.3 is 5.97 Å². The highest BCUT2D eigenvalue weighted by atomic mass is 16.4. The highest BCUT2D eigenvalue weighted by Crippen LogP contribution is 2.12. The zero-order valence-corrected chi connectivity index (χ0v) is 13.9. The summed E-state index contributed by atoms with van der Waals surface area (Å²) in [6.45, 7) is 2.20. The van der Waals surface area contributed by atoms with Gasteiger partial charge in [0.05, 0.1) is 0 Å². The summed E-state index contributed by atoms with van der Waals surface area (Å²) in [5.74, 6) is -2.04. The number of nitrogens with zero attached hydrogens (tertiary/aromatic N) is 1. The Morgan fingerprint density at radius 2 is 1.50 bits per heavy atom. The molecule has 0 aliphatic heterocycles. The van der Waals surface area contributed by atoms with Crippen LogP contribution >= 0.6 is 0 Å². The highest BCUT2D eigenvalue weighted by Gasteiger charge is 2.30. The van der Waals surface area contributed by atoms with Crippen molar-refractivity contribution in [2.24, 2.45) is 5.73 Å². The van der Waals surface area contributed by atoms with Crippen LogP contribution in [0.25, 0.3) is 0 Å². The van der Waals surface area contributed by atoms with Crippen molar-refractivity contribution in [1.82, 2.24) is 4.90 Å². The van der Waals surface area contributed by atoms with Gasteiger partial charge in [0.25, 0.3) is 0 Å². The molecule has 4 N–H and O–H groups in total. The molecule has 0 saturated carbocycles. The second-order valence-electron chi connectivity index (χ2n) is 5.78. The second-order valence-corrected chi connectivity index (χ2v) is 5.78. The molecular formula is C16H31N3O3. The van der Waals surface area contributed by atoms with E-state index in [1.807, 2.05) is 0 Å². The van der Waals surface area contributed by atoms with Crippen molar-refractivity contribution in [2.75, 3.05) is 7.05 Å². The number of unbranched alkanes of at least 4 members (excludes halogenated alkanes) is 8. The van der Waals surface area contributed by atoms with E-state index in [0.717, 1.165) is 17.7 Å². The lowest BCUT2D eigenvalue weighted by Gasteiger charge is -2.23. The molecule has 22 heavy (non-hydrogen) atoms. The summed E-state index contributed by atoms with van der Waals surface area (Å²) >= 11 is 0. The van der Waals surface area contributed by atoms with Crippen molar-refractivity contribution >= 4 is 17.7 Å². The van der Waals surface area contributed by atoms with Crippen molar-refractivity contribution in [1.29, 1.82) is 5.41 Å². The monoisotopic (exact) mass is 313 g/mol. The number of carbonyl (C=O) groups is 2. The number of guanidine groups is 1. The van der Waals surface area contributed by atoms with Crippen molar-refractivity contribution in [3.05, 3.63) is 0 Å². The average Bonchev–Trinajstić information content (AvgIpc) is 2.45. The number of rotatable bonds is 13. The third-order valence-corrected chi connectivity index (χ3v) is 3.83. The van der Waals surface area contributed by atoms with Crippen LogP contribution < -0.4 is 5.73 Å². The molecule has 1 unspecified atom stereocenters. The Kier molecular flexibility index (Phi) is 11.1. The van der Waals surface area contributed by atoms with Gasteiger partial charge in [0.15, 0.2) is 17.8 Å². The van der Waals surface area contributed by atoms with Crippen LogP contribution in [0.4, 0.5) is 0 Å². The maximum atomic E-state index is 12.0. The summed E-state index contributed by atoms with van der Waals surface area (Å²) in [6.07, 6.45) is 10.5. The number of ketones is 1. The van der Waals surface area contributed by atoms with Gasteiger partial charge in [0.1, 0.15) is 0 Å². The highest BCUT2D eigenvalue weighted by molar-refractivity contribution is 6.04. The molecule has 0 aromatic heterocycles. The summed E-state index contributed by atoms with van der Waals surface area (Å²) < 4.78 is 0. The Bertz CT molecular complexity index is 359. The van der Waals surface area contributed by atoms with E-state index in [4.69, 9.17) is 16.2 Å². The first-order valence-corrected chi connectivity index (χ1v) is 8.24. The summed E-state index contributed by atoms with van der Waals surface area (Å²) in [7, 11) is 1.36. The minimum atomic E-state index is -1.34. The number of carboxylic acids is 1. The molecule has 6 heteroatoms. The standard InChI is InChI=1S/C16H31N3O3/c1-3-4-5-6-7-8-9-10-11-12-13(20)14(15(21)22)19(2)16(17)18/h14H,3-12H2,1-2H3,(H3,17,18)(H,21,22). The zero-order chi connectivity index (χ0) is 17.0. The van der Waals surface area contributed by atoms with Crippen molar-refractivity contribution in [3.8, 4) is 0 Å². The number of nitrogens with two attached hydrogens (primary N) is 1. The number of likely N-dealkylation sites (N-methyl/N-ethyl adjacent to an activating group) is 1. The number of aliphatic carboxylic acids is 1. The molecule has 0 bridgehead atoms. The minimum Gasteiger partial charge on any atom is -0.479 e. The fourth-order valence-electron chi connectivity index (χ4n) is 2.41. The largest absolute Gasteiger partial charge is 0.479 e. The predicted molar refractivity (Wildman–Crippen MR) is 88.0 cm³/mol. The van der Waals surface area contributed by atoms with Gasteiger partial charge in [-0.2, -0.15) is 0 Å². The van der Waals surface area contributed by atoms with E-state index in [1.165, 1.54) is 45.6 Å². The van der Waals surface area contributed by atoms with E-state index in [2.05, 4.69) is 6.92 Å². The molecular weight excluding hydrogens is 282 g/mol. The van der Waals surface area contributed by atoms with Gasteiger partial charge < -0.3 is 15.7 Å². The van der Waals surface area contributed by atoms with E-state index < -0.39 is 18.0 Å². The number of Topliss-reactive ketones (excluding diaryl/α,β-unsaturated/α-hetero) is 1. The van der Waals surface area contributed by atoms with Crippen LogP contribution in [0.3, 0.4) is 0 Å². The lowest BCUT2D eigenvalue weighted by Crippen LogP contribution is -2.50. The summed E-state index contributed by atoms with van der Waals surface area (Å²) in [5.41, 5.74) is 5.25. The van der Waals surface area contributed by atoms with Gasteiger partial charge in [-0.05, 0) is 6.42 Å². The second kappa shape index (κ2) is 12.0. The first-order chi connectivity index (χ1) is 10.4. The van der Waals surface area contributed by atoms with Crippen LogP contribution in [-0.4, -0.2) is 40.8 Å². The Balaban J connectivity index is 3.87. The zero-order valence-electron chi connectivity index (χ0n) is 13.9. The fourth-order valence-corrected chi connectivity index (χ4v) is 2.41. The molecule has 0 aromatic carbocycles. The van der Waals surface area contributed by atoms with Crippen molar-refractivity contribution in [2.45, 2.75) is 77.2 Å². The molecule has 1 atom stereocenters. The molecule has 0 aromatic rings. The van der Waals surface area contributed by atoms with Crippen LogP contribution in [0.2, 0.25) is 0 Å². The van der Waals surface area contributed by atoms with Crippen LogP contribution in [0.15, 0.2) is 0 Å². The van der Waals surface area contributed by atoms with E-state index in [0.29, 0.717) is 6.42 Å². The molecule has 0 radical (unpaired) electrons. The quantitative estimate of drug-likeness (QED) is 0.210. The molecule has 0 spiro atoms. The molecule has 6 nitrogen and oxygen atoms in total. The maximum Gasteiger partial charge on any atom is 0.334 e. The van der Waals surface area contributed by atoms with Gasteiger partial charge in [-0.3, -0.25) is 10.2 Å². The van der Waals surface area contributed by atoms with Gasteiger partial charge in [-0.15, -0.1) is 0 Å². The Morgan fingerprint density at radius 3 is 1.91 bits per heavy atom. The van der Waals surface area contributed by atoms with Crippen molar-refractivity contribution < 1.29 is 14.7 Å². The molecule has 0 heterocycles. The first-order valence-electron chi connectivity index (χ1n) is 8.24. The van der Waals surface area contributed by atoms with Crippen LogP contribution in [-0.2, 0) is 9.59 Å². The van der Waals surface area contributed by atoms with Crippen LogP contribution in [0, 0.1) is 5.41 Å². The van der Waals surface area contributed by atoms with Gasteiger partial charge in [-0.25, -0.2) is 4.79 Å². The van der Waals surface area contributed by atoms with E-state index >= 15 is 0 Å². The lowest BCUT2D eigenvalue weighted by molar-refractivity contribution is -0.146. The van der Waals surface area contributed by atoms with E-state index in [9.17, 15) is 9.59 Å². The topological polar surface area (TPSA) is 107 Å². The molecule has 0 amide bonds. The summed E-state index contributed by atoms with van der Waals surface area (Å²) in [5, 5.41) is 16.3. The van der Waals surface area contributed by atoms with E-state index in [1.54, 1.807) is 0 Å². The number of hydrogen-bond acceptors (Lipinski definition) is 3. The summed E-state index contributed by atoms with van der Waals surface area (Å²) in [6, 6.07) is -1.34.